The lowest BCUT2D eigenvalue weighted by Crippen LogP contribution is -2.38. The Labute approximate surface area is 202 Å². The van der Waals surface area contributed by atoms with Crippen LogP contribution >= 0.6 is 24.8 Å². The highest BCUT2D eigenvalue weighted by Gasteiger charge is 2.25. The summed E-state index contributed by atoms with van der Waals surface area (Å²) in [7, 11) is 0. The summed E-state index contributed by atoms with van der Waals surface area (Å²) < 4.78 is 0. The fourth-order valence-corrected chi connectivity index (χ4v) is 3.86. The Bertz CT molecular complexity index is 1080. The fraction of sp³-hybridized carbons (Fsp3) is 0.231. The summed E-state index contributed by atoms with van der Waals surface area (Å²) in [5.41, 5.74) is 10.5. The van der Waals surface area contributed by atoms with Crippen molar-refractivity contribution >= 4 is 30.7 Å². The van der Waals surface area contributed by atoms with Gasteiger partial charge < -0.3 is 10.6 Å². The maximum Gasteiger partial charge on any atom is 0.255 e. The third kappa shape index (κ3) is 6.34. The molecule has 3 aromatic rings. The van der Waals surface area contributed by atoms with Crippen molar-refractivity contribution in [2.24, 2.45) is 5.73 Å². The molecule has 0 bridgehead atoms. The Kier molecular flexibility index (Phi) is 9.74. The summed E-state index contributed by atoms with van der Waals surface area (Å²) in [4.78, 5) is 19.1. The van der Waals surface area contributed by atoms with E-state index in [1.165, 1.54) is 5.56 Å². The number of amides is 1. The number of piperidine rings is 1. The van der Waals surface area contributed by atoms with E-state index in [0.717, 1.165) is 42.6 Å². The summed E-state index contributed by atoms with van der Waals surface area (Å²) in [5, 5.41) is 0. The van der Waals surface area contributed by atoms with Crippen molar-refractivity contribution in [2.75, 3.05) is 13.1 Å². The highest BCUT2D eigenvalue weighted by molar-refractivity contribution is 5.94. The van der Waals surface area contributed by atoms with Crippen LogP contribution in [-0.2, 0) is 6.54 Å². The summed E-state index contributed by atoms with van der Waals surface area (Å²) in [6, 6.07) is 20.1. The zero-order valence-electron chi connectivity index (χ0n) is 17.7. The molecule has 1 aromatic heterocycles. The Morgan fingerprint density at radius 3 is 2.38 bits per heavy atom. The molecule has 2 aromatic carbocycles. The van der Waals surface area contributed by atoms with E-state index in [-0.39, 0.29) is 30.7 Å². The number of hydrogen-bond acceptors (Lipinski definition) is 3. The lowest BCUT2D eigenvalue weighted by molar-refractivity contribution is 0.0712. The van der Waals surface area contributed by atoms with Gasteiger partial charge >= 0.3 is 0 Å². The van der Waals surface area contributed by atoms with Crippen LogP contribution in [0.4, 0.5) is 0 Å². The maximum atomic E-state index is 13.0. The van der Waals surface area contributed by atoms with Crippen molar-refractivity contribution in [3.8, 4) is 11.8 Å². The SMILES string of the molecule is Cl.Cl.NCc1cccc(C2CCN(C(=O)c3cncc(C#Cc4ccccc4)c3)CC2)c1. The van der Waals surface area contributed by atoms with Gasteiger partial charge in [0.1, 0.15) is 0 Å². The molecule has 0 unspecified atom stereocenters. The monoisotopic (exact) mass is 467 g/mol. The highest BCUT2D eigenvalue weighted by atomic mass is 35.5. The molecule has 4 rings (SSSR count). The zero-order valence-corrected chi connectivity index (χ0v) is 19.4. The minimum atomic E-state index is 0. The average Bonchev–Trinajstić information content (AvgIpc) is 2.83. The van der Waals surface area contributed by atoms with Crippen LogP contribution in [0.5, 0.6) is 0 Å². The zero-order chi connectivity index (χ0) is 20.8. The smallest absolute Gasteiger partial charge is 0.255 e. The van der Waals surface area contributed by atoms with Crippen molar-refractivity contribution in [1.82, 2.24) is 9.88 Å². The molecule has 166 valence electrons. The molecule has 0 spiro atoms. The molecule has 1 amide bonds. The Balaban J connectivity index is 0.00000181. The number of rotatable bonds is 3. The first-order valence-corrected chi connectivity index (χ1v) is 10.3. The molecule has 0 saturated carbocycles. The molecule has 2 heterocycles. The third-order valence-corrected chi connectivity index (χ3v) is 5.55. The van der Waals surface area contributed by atoms with E-state index >= 15 is 0 Å². The Morgan fingerprint density at radius 1 is 0.938 bits per heavy atom. The first-order valence-electron chi connectivity index (χ1n) is 10.3. The van der Waals surface area contributed by atoms with Gasteiger partial charge in [0.2, 0.25) is 0 Å². The standard InChI is InChI=1S/C26H25N3O.2ClH/c27-17-21-7-4-8-24(15-21)23-11-13-29(14-12-23)26(30)25-16-22(18-28-19-25)10-9-20-5-2-1-3-6-20;;/h1-8,15-16,18-19,23H,11-14,17,27H2;2*1H. The van der Waals surface area contributed by atoms with Crippen molar-refractivity contribution in [3.63, 3.8) is 0 Å². The van der Waals surface area contributed by atoms with Gasteiger partial charge in [-0.2, -0.15) is 0 Å². The van der Waals surface area contributed by atoms with Crippen LogP contribution in [0.25, 0.3) is 0 Å². The second-order valence-corrected chi connectivity index (χ2v) is 7.59. The molecule has 1 saturated heterocycles. The van der Waals surface area contributed by atoms with Crippen LogP contribution in [-0.4, -0.2) is 28.9 Å². The predicted octanol–water partition coefficient (Wildman–Crippen LogP) is 4.80. The second-order valence-electron chi connectivity index (χ2n) is 7.59. The van der Waals surface area contributed by atoms with E-state index in [0.29, 0.717) is 18.0 Å². The summed E-state index contributed by atoms with van der Waals surface area (Å²) in [6.45, 7) is 2.05. The topological polar surface area (TPSA) is 59.2 Å². The number of carbonyl (C=O) groups excluding carboxylic acids is 1. The van der Waals surface area contributed by atoms with Gasteiger partial charge in [0.05, 0.1) is 5.56 Å². The van der Waals surface area contributed by atoms with E-state index < -0.39 is 0 Å². The van der Waals surface area contributed by atoms with Crippen LogP contribution in [0.3, 0.4) is 0 Å². The average molecular weight is 468 g/mol. The van der Waals surface area contributed by atoms with Crippen molar-refractivity contribution in [2.45, 2.75) is 25.3 Å². The number of benzene rings is 2. The van der Waals surface area contributed by atoms with Gasteiger partial charge in [0.15, 0.2) is 0 Å². The number of aromatic nitrogens is 1. The number of halogens is 2. The van der Waals surface area contributed by atoms with E-state index in [9.17, 15) is 4.79 Å². The molecule has 1 aliphatic rings. The van der Waals surface area contributed by atoms with Gasteiger partial charge in [-0.25, -0.2) is 0 Å². The normalized spacial score (nSPS) is 13.2. The minimum absolute atomic E-state index is 0. The van der Waals surface area contributed by atoms with Gasteiger partial charge in [0, 0.05) is 43.2 Å². The van der Waals surface area contributed by atoms with E-state index in [1.807, 2.05) is 41.3 Å². The second kappa shape index (κ2) is 12.3. The Hall–Kier alpha value is -2.84. The lowest BCUT2D eigenvalue weighted by Gasteiger charge is -2.32. The predicted molar refractivity (Wildman–Crippen MR) is 133 cm³/mol. The first-order chi connectivity index (χ1) is 14.7. The van der Waals surface area contributed by atoms with Crippen LogP contribution in [0.15, 0.2) is 73.1 Å². The minimum Gasteiger partial charge on any atom is -0.339 e. The summed E-state index contributed by atoms with van der Waals surface area (Å²) in [5.74, 6) is 6.72. The highest BCUT2D eigenvalue weighted by Crippen LogP contribution is 2.29. The van der Waals surface area contributed by atoms with Crippen molar-refractivity contribution in [1.29, 1.82) is 0 Å². The molecule has 0 atom stereocenters. The van der Waals surface area contributed by atoms with Gasteiger partial charge in [0.25, 0.3) is 5.91 Å². The van der Waals surface area contributed by atoms with Gasteiger partial charge in [-0.15, -0.1) is 24.8 Å². The number of nitrogens with two attached hydrogens (primary N) is 1. The molecule has 32 heavy (non-hydrogen) atoms. The molecule has 4 nitrogen and oxygen atoms in total. The largest absolute Gasteiger partial charge is 0.339 e. The van der Waals surface area contributed by atoms with Gasteiger partial charge in [-0.05, 0) is 48.1 Å². The van der Waals surface area contributed by atoms with E-state index in [2.05, 4.69) is 41.1 Å². The maximum absolute atomic E-state index is 13.0. The number of carbonyl (C=O) groups is 1. The van der Waals surface area contributed by atoms with Crippen LogP contribution < -0.4 is 5.73 Å². The van der Waals surface area contributed by atoms with Crippen LogP contribution in [0, 0.1) is 11.8 Å². The van der Waals surface area contributed by atoms with Crippen molar-refractivity contribution in [3.05, 3.63) is 101 Å². The van der Waals surface area contributed by atoms with Gasteiger partial charge in [-0.3, -0.25) is 9.78 Å². The van der Waals surface area contributed by atoms with E-state index in [1.54, 1.807) is 12.4 Å². The first kappa shape index (κ1) is 25.4. The summed E-state index contributed by atoms with van der Waals surface area (Å²) in [6.07, 6.45) is 5.25. The molecular formula is C26H27Cl2N3O. The molecule has 1 aliphatic heterocycles. The fourth-order valence-electron chi connectivity index (χ4n) is 3.86. The van der Waals surface area contributed by atoms with Gasteiger partial charge in [-0.1, -0.05) is 54.3 Å². The molecule has 0 radical (unpaired) electrons. The molecular weight excluding hydrogens is 441 g/mol. The Morgan fingerprint density at radius 2 is 1.66 bits per heavy atom. The quantitative estimate of drug-likeness (QED) is 0.562. The number of nitrogens with zero attached hydrogens (tertiary/aromatic N) is 2. The van der Waals surface area contributed by atoms with Crippen LogP contribution in [0.1, 0.15) is 51.4 Å². The molecule has 6 heteroatoms. The van der Waals surface area contributed by atoms with Crippen LogP contribution in [0.2, 0.25) is 0 Å². The molecule has 1 fully saturated rings. The number of likely N-dealkylation sites (tertiary alicyclic amines) is 1. The molecule has 2 N–H and O–H groups in total. The van der Waals surface area contributed by atoms with Crippen molar-refractivity contribution < 1.29 is 4.79 Å². The number of hydrogen-bond donors (Lipinski definition) is 1. The third-order valence-electron chi connectivity index (χ3n) is 5.55. The molecule has 0 aliphatic carbocycles. The summed E-state index contributed by atoms with van der Waals surface area (Å²) >= 11 is 0. The lowest BCUT2D eigenvalue weighted by atomic mass is 9.88. The number of pyridine rings is 1. The van der Waals surface area contributed by atoms with E-state index in [4.69, 9.17) is 5.73 Å².